The molecule has 5 heteroatoms. The number of nitrogens with one attached hydrogen (secondary N) is 1. The number of halogens is 2. The fraction of sp³-hybridized carbons (Fsp3) is 0.0625. The molecule has 21 heavy (non-hydrogen) atoms. The van der Waals surface area contributed by atoms with Crippen LogP contribution in [0.4, 0.5) is 10.1 Å². The molecule has 0 saturated carbocycles. The predicted octanol–water partition coefficient (Wildman–Crippen LogP) is 4.39. The zero-order valence-electron chi connectivity index (χ0n) is 11.1. The third-order valence-electron chi connectivity index (χ3n) is 3.12. The molecular weight excluding hydrogens is 333 g/mol. The summed E-state index contributed by atoms with van der Waals surface area (Å²) in [4.78, 5) is 0. The number of hydrogen-bond acceptors (Lipinski definition) is 2. The lowest BCUT2D eigenvalue weighted by molar-refractivity contribution is 0.619. The molecule has 0 atom stereocenters. The van der Waals surface area contributed by atoms with Crippen molar-refractivity contribution in [1.82, 2.24) is 9.78 Å². The minimum absolute atomic E-state index is 0.255. The highest BCUT2D eigenvalue weighted by Gasteiger charge is 2.05. The van der Waals surface area contributed by atoms with Gasteiger partial charge in [0.1, 0.15) is 5.82 Å². The van der Waals surface area contributed by atoms with Gasteiger partial charge in [0.05, 0.1) is 15.8 Å². The molecule has 0 aliphatic rings. The number of anilines is 1. The molecule has 0 fully saturated rings. The highest BCUT2D eigenvalue weighted by molar-refractivity contribution is 9.10. The van der Waals surface area contributed by atoms with Crippen LogP contribution in [0.3, 0.4) is 0 Å². The summed E-state index contributed by atoms with van der Waals surface area (Å²) in [7, 11) is 0. The second-order valence-corrected chi connectivity index (χ2v) is 5.42. The van der Waals surface area contributed by atoms with Gasteiger partial charge in [-0.3, -0.25) is 0 Å². The molecule has 0 unspecified atom stereocenters. The fourth-order valence-electron chi connectivity index (χ4n) is 2.08. The Hall–Kier alpha value is -2.14. The van der Waals surface area contributed by atoms with E-state index in [9.17, 15) is 4.39 Å². The molecule has 0 bridgehead atoms. The first-order valence-corrected chi connectivity index (χ1v) is 7.30. The fourth-order valence-corrected chi connectivity index (χ4v) is 2.33. The molecule has 106 valence electrons. The molecule has 0 saturated heterocycles. The Morgan fingerprint density at radius 1 is 1.14 bits per heavy atom. The smallest absolute Gasteiger partial charge is 0.137 e. The van der Waals surface area contributed by atoms with Crippen LogP contribution in [0.1, 0.15) is 5.56 Å². The Bertz CT molecular complexity index is 741. The van der Waals surface area contributed by atoms with Crippen molar-refractivity contribution in [2.75, 3.05) is 5.32 Å². The molecule has 1 aromatic heterocycles. The molecule has 1 heterocycles. The maximum atomic E-state index is 13.5. The quantitative estimate of drug-likeness (QED) is 0.760. The molecule has 1 N–H and O–H groups in total. The van der Waals surface area contributed by atoms with Crippen LogP contribution >= 0.6 is 15.9 Å². The van der Waals surface area contributed by atoms with Gasteiger partial charge >= 0.3 is 0 Å². The van der Waals surface area contributed by atoms with E-state index in [2.05, 4.69) is 26.3 Å². The van der Waals surface area contributed by atoms with Crippen LogP contribution in [0, 0.1) is 5.82 Å². The summed E-state index contributed by atoms with van der Waals surface area (Å²) in [6, 6.07) is 14.9. The van der Waals surface area contributed by atoms with Crippen molar-refractivity contribution in [2.45, 2.75) is 6.54 Å². The van der Waals surface area contributed by atoms with Gasteiger partial charge in [0, 0.05) is 18.9 Å². The van der Waals surface area contributed by atoms with E-state index in [1.807, 2.05) is 42.6 Å². The highest BCUT2D eigenvalue weighted by Crippen LogP contribution is 2.21. The summed E-state index contributed by atoms with van der Waals surface area (Å²) in [6.45, 7) is 0.544. The first-order valence-electron chi connectivity index (χ1n) is 6.51. The lowest BCUT2D eigenvalue weighted by Gasteiger charge is -2.12. The average molecular weight is 346 g/mol. The largest absolute Gasteiger partial charge is 0.379 e. The molecule has 3 nitrogen and oxygen atoms in total. The molecule has 0 spiro atoms. The molecule has 0 aliphatic heterocycles. The summed E-state index contributed by atoms with van der Waals surface area (Å²) in [5.74, 6) is -0.255. The summed E-state index contributed by atoms with van der Waals surface area (Å²) >= 11 is 3.16. The lowest BCUT2D eigenvalue weighted by Crippen LogP contribution is -2.05. The van der Waals surface area contributed by atoms with Gasteiger partial charge in [-0.15, -0.1) is 0 Å². The van der Waals surface area contributed by atoms with E-state index in [0.29, 0.717) is 11.0 Å². The first-order chi connectivity index (χ1) is 10.2. The van der Waals surface area contributed by atoms with Crippen LogP contribution < -0.4 is 5.32 Å². The lowest BCUT2D eigenvalue weighted by atomic mass is 10.2. The second kappa shape index (κ2) is 6.10. The van der Waals surface area contributed by atoms with Gasteiger partial charge in [0.2, 0.25) is 0 Å². The molecule has 3 rings (SSSR count). The van der Waals surface area contributed by atoms with Gasteiger partial charge in [-0.2, -0.15) is 5.10 Å². The topological polar surface area (TPSA) is 29.9 Å². The first kappa shape index (κ1) is 13.8. The SMILES string of the molecule is Fc1cc(CNc2ccccc2-n2cccn2)ccc1Br. The standard InChI is InChI=1S/C16H13BrFN3/c17-13-7-6-12(10-14(13)18)11-19-15-4-1-2-5-16(15)21-9-3-8-20-21/h1-10,19H,11H2. The van der Waals surface area contributed by atoms with Gasteiger partial charge in [0.15, 0.2) is 0 Å². The normalized spacial score (nSPS) is 10.6. The Kier molecular flexibility index (Phi) is 4.01. The zero-order valence-corrected chi connectivity index (χ0v) is 12.7. The molecule has 0 aliphatic carbocycles. The van der Waals surface area contributed by atoms with Crippen molar-refractivity contribution < 1.29 is 4.39 Å². The van der Waals surface area contributed by atoms with E-state index in [1.54, 1.807) is 16.9 Å². The van der Waals surface area contributed by atoms with E-state index in [0.717, 1.165) is 16.9 Å². The maximum absolute atomic E-state index is 13.5. The van der Waals surface area contributed by atoms with Crippen LogP contribution in [0.5, 0.6) is 0 Å². The van der Waals surface area contributed by atoms with Crippen LogP contribution in [0.2, 0.25) is 0 Å². The number of para-hydroxylation sites is 2. The van der Waals surface area contributed by atoms with E-state index < -0.39 is 0 Å². The maximum Gasteiger partial charge on any atom is 0.137 e. The Morgan fingerprint density at radius 2 is 2.00 bits per heavy atom. The number of benzene rings is 2. The third kappa shape index (κ3) is 3.13. The van der Waals surface area contributed by atoms with E-state index in [4.69, 9.17) is 0 Å². The molecule has 2 aromatic carbocycles. The monoisotopic (exact) mass is 345 g/mol. The minimum Gasteiger partial charge on any atom is -0.379 e. The third-order valence-corrected chi connectivity index (χ3v) is 3.77. The van der Waals surface area contributed by atoms with Gasteiger partial charge in [-0.05, 0) is 51.8 Å². The van der Waals surface area contributed by atoms with Gasteiger partial charge < -0.3 is 5.32 Å². The molecule has 0 radical (unpaired) electrons. The van der Waals surface area contributed by atoms with Crippen LogP contribution in [-0.4, -0.2) is 9.78 Å². The van der Waals surface area contributed by atoms with Crippen molar-refractivity contribution in [3.05, 3.63) is 76.8 Å². The van der Waals surface area contributed by atoms with Gasteiger partial charge in [0.25, 0.3) is 0 Å². The van der Waals surface area contributed by atoms with Crippen LogP contribution in [0.25, 0.3) is 5.69 Å². The van der Waals surface area contributed by atoms with Gasteiger partial charge in [-0.1, -0.05) is 18.2 Å². The Labute approximate surface area is 130 Å². The Morgan fingerprint density at radius 3 is 2.76 bits per heavy atom. The van der Waals surface area contributed by atoms with Crippen molar-refractivity contribution >= 4 is 21.6 Å². The number of nitrogens with zero attached hydrogens (tertiary/aromatic N) is 2. The number of aromatic nitrogens is 2. The van der Waals surface area contributed by atoms with Crippen molar-refractivity contribution in [3.63, 3.8) is 0 Å². The Balaban J connectivity index is 1.81. The summed E-state index contributed by atoms with van der Waals surface area (Å²) in [6.07, 6.45) is 3.63. The zero-order chi connectivity index (χ0) is 14.7. The van der Waals surface area contributed by atoms with E-state index in [1.165, 1.54) is 6.07 Å². The summed E-state index contributed by atoms with van der Waals surface area (Å²) in [5.41, 5.74) is 2.79. The number of hydrogen-bond donors (Lipinski definition) is 1. The minimum atomic E-state index is -0.255. The van der Waals surface area contributed by atoms with Crippen molar-refractivity contribution in [2.24, 2.45) is 0 Å². The second-order valence-electron chi connectivity index (χ2n) is 4.57. The molecule has 3 aromatic rings. The van der Waals surface area contributed by atoms with Gasteiger partial charge in [-0.25, -0.2) is 9.07 Å². The average Bonchev–Trinajstić information content (AvgIpc) is 3.03. The van der Waals surface area contributed by atoms with E-state index in [-0.39, 0.29) is 5.82 Å². The van der Waals surface area contributed by atoms with Crippen LogP contribution in [0.15, 0.2) is 65.4 Å². The summed E-state index contributed by atoms with van der Waals surface area (Å²) < 4.78 is 15.8. The van der Waals surface area contributed by atoms with E-state index >= 15 is 0 Å². The van der Waals surface area contributed by atoms with Crippen molar-refractivity contribution in [3.8, 4) is 5.69 Å². The molecular formula is C16H13BrFN3. The predicted molar refractivity (Wildman–Crippen MR) is 85.0 cm³/mol. The summed E-state index contributed by atoms with van der Waals surface area (Å²) in [5, 5.41) is 7.56. The van der Waals surface area contributed by atoms with Crippen molar-refractivity contribution in [1.29, 1.82) is 0 Å². The number of rotatable bonds is 4. The van der Waals surface area contributed by atoms with Crippen LogP contribution in [-0.2, 0) is 6.54 Å². The highest BCUT2D eigenvalue weighted by atomic mass is 79.9. The molecule has 0 amide bonds.